The summed E-state index contributed by atoms with van der Waals surface area (Å²) in [5.41, 5.74) is 0. The smallest absolute Gasteiger partial charge is 0.306 e. The first-order valence-corrected chi connectivity index (χ1v) is 39.3. The van der Waals surface area contributed by atoms with Crippen molar-refractivity contribution in [2.45, 2.75) is 277 Å². The van der Waals surface area contributed by atoms with Crippen LogP contribution in [0.4, 0.5) is 0 Å². The lowest BCUT2D eigenvalue weighted by atomic mass is 10.1. The van der Waals surface area contributed by atoms with Crippen LogP contribution in [-0.4, -0.2) is 70.0 Å². The van der Waals surface area contributed by atoms with E-state index in [1.54, 1.807) is 0 Å². The molecule has 9 nitrogen and oxygen atoms in total. The average molecular weight is 1350 g/mol. The molecule has 0 amide bonds. The van der Waals surface area contributed by atoms with Gasteiger partial charge in [0, 0.05) is 12.8 Å². The topological polar surface area (TPSA) is 111 Å². The third-order valence-electron chi connectivity index (χ3n) is 15.3. The highest BCUT2D eigenvalue weighted by molar-refractivity contribution is 7.45. The van der Waals surface area contributed by atoms with Crippen molar-refractivity contribution in [1.29, 1.82) is 0 Å². The number of hydrogen-bond donors (Lipinski definition) is 0. The number of carbonyl (C=O) groups excluding carboxylic acids is 2. The number of allylic oxidation sites excluding steroid dienone is 34. The summed E-state index contributed by atoms with van der Waals surface area (Å²) >= 11 is 0. The lowest BCUT2D eigenvalue weighted by Gasteiger charge is -2.28. The Bertz CT molecular complexity index is 2380. The summed E-state index contributed by atoms with van der Waals surface area (Å²) in [6.07, 6.45) is 116. The first-order chi connectivity index (χ1) is 47.0. The number of nitrogens with zero attached hydrogens (tertiary/aromatic N) is 1. The van der Waals surface area contributed by atoms with E-state index in [0.29, 0.717) is 23.9 Å². The molecule has 0 aliphatic rings. The SMILES string of the molecule is CC/C=C\C/C=C\C/C=C\C/C=C\C/C=C\C/C=C\C/C=C\C/C=C\C/C=C\CCCCCCCCCCCC(=O)OC(COC(=O)CCCCCCCCCCCC/C=C\C/C=C\C/C=C\C/C=C\C/C=C\C/C=C\C/C=C\C/C=C\CC)COP(=O)([O-])OCC[N+](C)(C)C. The van der Waals surface area contributed by atoms with E-state index in [4.69, 9.17) is 18.5 Å². The normalized spacial score (nSPS) is 14.3. The van der Waals surface area contributed by atoms with Crippen molar-refractivity contribution in [3.63, 3.8) is 0 Å². The number of ether oxygens (including phenoxy) is 2. The Kier molecular flexibility index (Phi) is 69.7. The summed E-state index contributed by atoms with van der Waals surface area (Å²) in [5, 5.41) is 0. The predicted octanol–water partition coefficient (Wildman–Crippen LogP) is 24.7. The number of phosphoric ester groups is 1. The summed E-state index contributed by atoms with van der Waals surface area (Å²) < 4.78 is 34.3. The maximum absolute atomic E-state index is 12.9. The minimum Gasteiger partial charge on any atom is -0.756 e. The largest absolute Gasteiger partial charge is 0.756 e. The Balaban J connectivity index is 4.13. The van der Waals surface area contributed by atoms with Crippen LogP contribution in [0.3, 0.4) is 0 Å². The molecule has 0 radical (unpaired) electrons. The van der Waals surface area contributed by atoms with E-state index in [-0.39, 0.29) is 26.1 Å². The number of quaternary nitrogens is 1. The zero-order valence-electron chi connectivity index (χ0n) is 61.5. The van der Waals surface area contributed by atoms with Gasteiger partial charge in [-0.15, -0.1) is 0 Å². The molecule has 0 aliphatic heterocycles. The standard InChI is InChI=1S/C86H138NO8P/c1-6-8-10-12-14-16-18-20-22-24-26-28-30-32-34-36-38-40-42-43-45-47-49-51-53-55-57-59-61-63-65-67-69-71-73-75-77-79-86(89)95-84(83-94-96(90,91)93-81-80-87(3,4)5)82-92-85(88)78-76-74-72-70-68-66-64-62-60-58-56-54-52-50-48-46-44-41-39-37-35-33-31-29-27-25-23-21-19-17-15-13-11-9-7-2/h8-11,14-17,20-23,26-29,32-35,38-41,43,45-46,48-49,51-52,54-55,57,84H,6-7,12-13,18-19,24-25,30-31,36-37,42,44,47,50,53,56,58-83H2,1-5H3/b10-8-,11-9-,16-14-,17-15-,22-20-,23-21-,28-26-,29-27-,34-32-,35-33-,40-38-,41-39-,45-43-,48-46-,51-49-,54-52-,57-55-. The molecule has 0 rings (SSSR count). The highest BCUT2D eigenvalue weighted by Crippen LogP contribution is 2.38. The molecule has 0 saturated carbocycles. The second-order valence-corrected chi connectivity index (χ2v) is 27.0. The molecule has 2 atom stereocenters. The Hall–Kier alpha value is -5.41. The quantitative estimate of drug-likeness (QED) is 0.0195. The molecule has 0 aromatic carbocycles. The monoisotopic (exact) mass is 1340 g/mol. The fourth-order valence-electron chi connectivity index (χ4n) is 9.61. The lowest BCUT2D eigenvalue weighted by Crippen LogP contribution is -2.37. The Morgan fingerprint density at radius 2 is 0.562 bits per heavy atom. The molecule has 0 spiro atoms. The molecule has 0 heterocycles. The van der Waals surface area contributed by atoms with Gasteiger partial charge in [-0.1, -0.05) is 317 Å². The van der Waals surface area contributed by atoms with Crippen molar-refractivity contribution in [2.24, 2.45) is 0 Å². The molecule has 0 fully saturated rings. The second-order valence-electron chi connectivity index (χ2n) is 25.5. The van der Waals surface area contributed by atoms with Crippen molar-refractivity contribution in [2.75, 3.05) is 47.5 Å². The van der Waals surface area contributed by atoms with Gasteiger partial charge in [0.05, 0.1) is 27.7 Å². The molecule has 0 N–H and O–H groups in total. The summed E-state index contributed by atoms with van der Waals surface area (Å²) in [4.78, 5) is 38.2. The van der Waals surface area contributed by atoms with Crippen LogP contribution in [0, 0.1) is 0 Å². The molecule has 0 aromatic heterocycles. The van der Waals surface area contributed by atoms with Crippen LogP contribution < -0.4 is 4.89 Å². The van der Waals surface area contributed by atoms with Crippen LogP contribution in [0.15, 0.2) is 207 Å². The van der Waals surface area contributed by atoms with E-state index in [2.05, 4.69) is 220 Å². The summed E-state index contributed by atoms with van der Waals surface area (Å²) in [6.45, 7) is 3.98. The Labute approximate surface area is 589 Å². The first kappa shape index (κ1) is 90.6. The third-order valence-corrected chi connectivity index (χ3v) is 16.3. The molecule has 0 saturated heterocycles. The van der Waals surface area contributed by atoms with Crippen molar-refractivity contribution in [3.05, 3.63) is 207 Å². The van der Waals surface area contributed by atoms with Crippen molar-refractivity contribution >= 4 is 19.8 Å². The van der Waals surface area contributed by atoms with Crippen molar-refractivity contribution in [3.8, 4) is 0 Å². The van der Waals surface area contributed by atoms with Crippen molar-refractivity contribution < 1.29 is 42.1 Å². The highest BCUT2D eigenvalue weighted by atomic mass is 31.2. The van der Waals surface area contributed by atoms with Gasteiger partial charge < -0.3 is 27.9 Å². The second kappa shape index (κ2) is 73.8. The van der Waals surface area contributed by atoms with Gasteiger partial charge >= 0.3 is 11.9 Å². The van der Waals surface area contributed by atoms with Gasteiger partial charge in [-0.3, -0.25) is 14.2 Å². The molecule has 0 aromatic rings. The molecular weight excluding hydrogens is 1210 g/mol. The van der Waals surface area contributed by atoms with E-state index in [1.807, 2.05) is 21.1 Å². The summed E-state index contributed by atoms with van der Waals surface area (Å²) in [6, 6.07) is 0. The molecular formula is C86H138NO8P. The molecule has 0 bridgehead atoms. The van der Waals surface area contributed by atoms with E-state index in [1.165, 1.54) is 70.6 Å². The molecule has 10 heteroatoms. The number of likely N-dealkylation sites (N-methyl/N-ethyl adjacent to an activating group) is 1. The van der Waals surface area contributed by atoms with Crippen LogP contribution in [0.25, 0.3) is 0 Å². The maximum Gasteiger partial charge on any atom is 0.306 e. The van der Waals surface area contributed by atoms with Crippen LogP contribution in [0.1, 0.15) is 271 Å². The minimum atomic E-state index is -4.66. The van der Waals surface area contributed by atoms with Gasteiger partial charge in [0.15, 0.2) is 6.10 Å². The number of phosphoric acid groups is 1. The number of hydrogen-bond acceptors (Lipinski definition) is 8. The molecule has 0 aliphatic carbocycles. The third kappa shape index (κ3) is 77.6. The fraction of sp³-hybridized carbons (Fsp3) is 0.581. The van der Waals surface area contributed by atoms with Gasteiger partial charge in [0.2, 0.25) is 0 Å². The molecule has 96 heavy (non-hydrogen) atoms. The number of unbranched alkanes of at least 4 members (excludes halogenated alkanes) is 19. The zero-order valence-corrected chi connectivity index (χ0v) is 62.4. The van der Waals surface area contributed by atoms with Gasteiger partial charge in [0.25, 0.3) is 7.82 Å². The average Bonchev–Trinajstić information content (AvgIpc) is 2.72. The van der Waals surface area contributed by atoms with Gasteiger partial charge in [-0.05, 0) is 148 Å². The number of rotatable bonds is 67. The van der Waals surface area contributed by atoms with E-state index >= 15 is 0 Å². The minimum absolute atomic E-state index is 0.0433. The Morgan fingerprint density at radius 3 is 0.833 bits per heavy atom. The number of carbonyl (C=O) groups is 2. The summed E-state index contributed by atoms with van der Waals surface area (Å²) in [7, 11) is 1.13. The van der Waals surface area contributed by atoms with Gasteiger partial charge in [-0.2, -0.15) is 0 Å². The fourth-order valence-corrected chi connectivity index (χ4v) is 10.3. The van der Waals surface area contributed by atoms with Crippen LogP contribution in [-0.2, 0) is 32.7 Å². The Morgan fingerprint density at radius 1 is 0.323 bits per heavy atom. The van der Waals surface area contributed by atoms with Crippen LogP contribution in [0.5, 0.6) is 0 Å². The van der Waals surface area contributed by atoms with E-state index in [0.717, 1.165) is 161 Å². The predicted molar refractivity (Wildman–Crippen MR) is 415 cm³/mol. The van der Waals surface area contributed by atoms with E-state index in [9.17, 15) is 19.0 Å². The van der Waals surface area contributed by atoms with Crippen LogP contribution >= 0.6 is 7.82 Å². The van der Waals surface area contributed by atoms with Gasteiger partial charge in [-0.25, -0.2) is 0 Å². The lowest BCUT2D eigenvalue weighted by molar-refractivity contribution is -0.870. The molecule has 2 unspecified atom stereocenters. The molecule has 540 valence electrons. The first-order valence-electron chi connectivity index (χ1n) is 37.8. The van der Waals surface area contributed by atoms with Crippen molar-refractivity contribution in [1.82, 2.24) is 0 Å². The maximum atomic E-state index is 12.9. The summed E-state index contributed by atoms with van der Waals surface area (Å²) in [5.74, 6) is -0.857. The highest BCUT2D eigenvalue weighted by Gasteiger charge is 2.22. The van der Waals surface area contributed by atoms with E-state index < -0.39 is 32.5 Å². The number of esters is 2. The van der Waals surface area contributed by atoms with Crippen LogP contribution in [0.2, 0.25) is 0 Å². The zero-order chi connectivity index (χ0) is 69.7. The van der Waals surface area contributed by atoms with Gasteiger partial charge in [0.1, 0.15) is 19.8 Å².